The summed E-state index contributed by atoms with van der Waals surface area (Å²) in [5.74, 6) is 0.879. The molecular formula is C15H21N3O3. The van der Waals surface area contributed by atoms with Crippen LogP contribution < -0.4 is 10.1 Å². The second kappa shape index (κ2) is 5.99. The van der Waals surface area contributed by atoms with E-state index in [0.717, 1.165) is 24.4 Å². The number of fused-ring (bicyclic) bond motifs is 1. The number of nitrogens with zero attached hydrogens (tertiary/aromatic N) is 2. The average Bonchev–Trinajstić information content (AvgIpc) is 2.77. The molecule has 1 amide bonds. The summed E-state index contributed by atoms with van der Waals surface area (Å²) in [5.41, 5.74) is 0.251. The minimum absolute atomic E-state index is 0.0619. The number of rotatable bonds is 2. The first-order valence-corrected chi connectivity index (χ1v) is 7.36. The number of ether oxygens (including phenoxy) is 2. The van der Waals surface area contributed by atoms with Gasteiger partial charge in [0.1, 0.15) is 18.0 Å². The van der Waals surface area contributed by atoms with E-state index in [0.29, 0.717) is 32.5 Å². The van der Waals surface area contributed by atoms with Gasteiger partial charge in [-0.05, 0) is 32.0 Å². The van der Waals surface area contributed by atoms with Crippen molar-refractivity contribution in [1.29, 1.82) is 0 Å². The maximum Gasteiger partial charge on any atom is 0.255 e. The number of hydrogen-bond donors (Lipinski definition) is 1. The number of methoxy groups -OCH3 is 1. The smallest absolute Gasteiger partial charge is 0.255 e. The molecule has 0 bridgehead atoms. The van der Waals surface area contributed by atoms with E-state index in [1.807, 2.05) is 11.0 Å². The molecule has 21 heavy (non-hydrogen) atoms. The Morgan fingerprint density at radius 2 is 2.29 bits per heavy atom. The van der Waals surface area contributed by atoms with E-state index >= 15 is 0 Å². The Morgan fingerprint density at radius 3 is 3.05 bits per heavy atom. The zero-order chi connectivity index (χ0) is 14.7. The fourth-order valence-corrected chi connectivity index (χ4v) is 3.02. The quantitative estimate of drug-likeness (QED) is 0.863. The fraction of sp³-hybridized carbons (Fsp3) is 0.600. The molecule has 1 N–H and O–H groups in total. The van der Waals surface area contributed by atoms with Crippen LogP contribution in [0.3, 0.4) is 0 Å². The van der Waals surface area contributed by atoms with Crippen molar-refractivity contribution >= 4 is 5.91 Å². The summed E-state index contributed by atoms with van der Waals surface area (Å²) in [5, 5.41) is 3.27. The Balaban J connectivity index is 1.81. The van der Waals surface area contributed by atoms with Crippen molar-refractivity contribution in [2.75, 3.05) is 33.4 Å². The molecule has 6 heteroatoms. The molecule has 2 aliphatic rings. The van der Waals surface area contributed by atoms with Crippen LogP contribution in [0.1, 0.15) is 18.4 Å². The van der Waals surface area contributed by atoms with Crippen LogP contribution in [-0.2, 0) is 16.1 Å². The lowest BCUT2D eigenvalue weighted by atomic mass is 9.90. The Bertz CT molecular complexity index is 515. The molecule has 0 atom stereocenters. The van der Waals surface area contributed by atoms with Gasteiger partial charge in [-0.15, -0.1) is 0 Å². The van der Waals surface area contributed by atoms with E-state index in [4.69, 9.17) is 9.47 Å². The van der Waals surface area contributed by atoms with Crippen molar-refractivity contribution < 1.29 is 14.3 Å². The van der Waals surface area contributed by atoms with Crippen molar-refractivity contribution in [1.82, 2.24) is 15.2 Å². The van der Waals surface area contributed by atoms with Crippen molar-refractivity contribution in [2.24, 2.45) is 0 Å². The zero-order valence-electron chi connectivity index (χ0n) is 12.3. The zero-order valence-corrected chi connectivity index (χ0v) is 12.3. The third-order valence-corrected chi connectivity index (χ3v) is 4.32. The van der Waals surface area contributed by atoms with Gasteiger partial charge in [-0.2, -0.15) is 0 Å². The normalized spacial score (nSPS) is 21.1. The summed E-state index contributed by atoms with van der Waals surface area (Å²) in [6.45, 7) is 3.22. The van der Waals surface area contributed by atoms with Crippen LogP contribution in [0.4, 0.5) is 0 Å². The van der Waals surface area contributed by atoms with Gasteiger partial charge in [-0.3, -0.25) is 9.78 Å². The van der Waals surface area contributed by atoms with Gasteiger partial charge >= 0.3 is 0 Å². The number of carbonyl (C=O) groups excluding carboxylic acids is 1. The number of amides is 1. The third-order valence-electron chi connectivity index (χ3n) is 4.32. The van der Waals surface area contributed by atoms with Gasteiger partial charge in [0.25, 0.3) is 5.91 Å². The van der Waals surface area contributed by atoms with E-state index in [2.05, 4.69) is 10.3 Å². The molecule has 3 heterocycles. The van der Waals surface area contributed by atoms with E-state index in [-0.39, 0.29) is 5.91 Å². The molecule has 3 rings (SSSR count). The molecule has 0 radical (unpaired) electrons. The first kappa shape index (κ1) is 14.3. The molecule has 0 saturated carbocycles. The number of carbonyl (C=O) groups is 1. The SMILES string of the molecule is COC1(C(=O)N2CCOc3ccncc3C2)CCNCC1. The van der Waals surface area contributed by atoms with Crippen LogP contribution in [0, 0.1) is 0 Å². The number of aromatic nitrogens is 1. The second-order valence-electron chi connectivity index (χ2n) is 5.51. The predicted octanol–water partition coefficient (Wildman–Crippen LogP) is 0.571. The largest absolute Gasteiger partial charge is 0.491 e. The van der Waals surface area contributed by atoms with E-state index < -0.39 is 5.60 Å². The topological polar surface area (TPSA) is 63.7 Å². The van der Waals surface area contributed by atoms with Crippen LogP contribution in [0.2, 0.25) is 0 Å². The van der Waals surface area contributed by atoms with Crippen molar-refractivity contribution in [3.8, 4) is 5.75 Å². The molecule has 0 aliphatic carbocycles. The Labute approximate surface area is 124 Å². The standard InChI is InChI=1S/C15H21N3O3/c1-20-15(3-6-16-7-4-15)14(19)18-8-9-21-13-2-5-17-10-12(13)11-18/h2,5,10,16H,3-4,6-9,11H2,1H3. The molecule has 6 nitrogen and oxygen atoms in total. The summed E-state index contributed by atoms with van der Waals surface area (Å²) in [7, 11) is 1.63. The molecule has 0 spiro atoms. The molecule has 1 fully saturated rings. The molecule has 1 saturated heterocycles. The van der Waals surface area contributed by atoms with Crippen LogP contribution in [0.25, 0.3) is 0 Å². The number of nitrogens with one attached hydrogen (secondary N) is 1. The molecule has 1 aromatic rings. The summed E-state index contributed by atoms with van der Waals surface area (Å²) in [6, 6.07) is 1.85. The molecule has 1 aromatic heterocycles. The van der Waals surface area contributed by atoms with Crippen molar-refractivity contribution in [3.63, 3.8) is 0 Å². The van der Waals surface area contributed by atoms with E-state index in [9.17, 15) is 4.79 Å². The highest BCUT2D eigenvalue weighted by molar-refractivity contribution is 5.85. The highest BCUT2D eigenvalue weighted by atomic mass is 16.5. The van der Waals surface area contributed by atoms with Gasteiger partial charge in [0.15, 0.2) is 0 Å². The highest BCUT2D eigenvalue weighted by Crippen LogP contribution is 2.28. The van der Waals surface area contributed by atoms with Crippen LogP contribution in [0.15, 0.2) is 18.5 Å². The van der Waals surface area contributed by atoms with Gasteiger partial charge < -0.3 is 19.7 Å². The van der Waals surface area contributed by atoms with Gasteiger partial charge in [0.05, 0.1) is 13.1 Å². The van der Waals surface area contributed by atoms with Crippen LogP contribution >= 0.6 is 0 Å². The Morgan fingerprint density at radius 1 is 1.48 bits per heavy atom. The number of piperidine rings is 1. The van der Waals surface area contributed by atoms with E-state index in [1.54, 1.807) is 19.5 Å². The predicted molar refractivity (Wildman–Crippen MR) is 77.0 cm³/mol. The Hall–Kier alpha value is -1.66. The Kier molecular flexibility index (Phi) is 4.07. The van der Waals surface area contributed by atoms with Gasteiger partial charge in [-0.25, -0.2) is 0 Å². The monoisotopic (exact) mass is 291 g/mol. The van der Waals surface area contributed by atoms with Crippen molar-refractivity contribution in [2.45, 2.75) is 25.0 Å². The second-order valence-corrected chi connectivity index (χ2v) is 5.51. The molecular weight excluding hydrogens is 270 g/mol. The molecule has 2 aliphatic heterocycles. The summed E-state index contributed by atoms with van der Waals surface area (Å²) in [4.78, 5) is 18.9. The maximum atomic E-state index is 13.0. The van der Waals surface area contributed by atoms with Gasteiger partial charge in [-0.1, -0.05) is 0 Å². The number of pyridine rings is 1. The van der Waals surface area contributed by atoms with Gasteiger partial charge in [0, 0.05) is 25.1 Å². The lowest BCUT2D eigenvalue weighted by Crippen LogP contribution is -2.55. The van der Waals surface area contributed by atoms with Crippen LogP contribution in [-0.4, -0.2) is 54.7 Å². The summed E-state index contributed by atoms with van der Waals surface area (Å²) in [6.07, 6.45) is 4.89. The molecule has 114 valence electrons. The minimum Gasteiger partial charge on any atom is -0.491 e. The first-order valence-electron chi connectivity index (χ1n) is 7.36. The van der Waals surface area contributed by atoms with Crippen molar-refractivity contribution in [3.05, 3.63) is 24.0 Å². The molecule has 0 unspecified atom stereocenters. The maximum absolute atomic E-state index is 13.0. The summed E-state index contributed by atoms with van der Waals surface area (Å²) >= 11 is 0. The van der Waals surface area contributed by atoms with Crippen LogP contribution in [0.5, 0.6) is 5.75 Å². The fourth-order valence-electron chi connectivity index (χ4n) is 3.02. The minimum atomic E-state index is -0.696. The third kappa shape index (κ3) is 2.73. The average molecular weight is 291 g/mol. The lowest BCUT2D eigenvalue weighted by Gasteiger charge is -2.38. The first-order chi connectivity index (χ1) is 10.2. The molecule has 0 aromatic carbocycles. The van der Waals surface area contributed by atoms with E-state index in [1.165, 1.54) is 0 Å². The number of hydrogen-bond acceptors (Lipinski definition) is 5. The summed E-state index contributed by atoms with van der Waals surface area (Å²) < 4.78 is 11.3. The van der Waals surface area contributed by atoms with Gasteiger partial charge in [0.2, 0.25) is 0 Å². The highest BCUT2D eigenvalue weighted by Gasteiger charge is 2.42. The lowest BCUT2D eigenvalue weighted by molar-refractivity contribution is -0.159.